The molecule has 1 aliphatic rings. The lowest BCUT2D eigenvalue weighted by Gasteiger charge is -2.33. The summed E-state index contributed by atoms with van der Waals surface area (Å²) in [4.78, 5) is 2.37. The highest BCUT2D eigenvalue weighted by atomic mass is 16.5. The molecule has 0 aliphatic carbocycles. The zero-order chi connectivity index (χ0) is 12.1. The van der Waals surface area contributed by atoms with Crippen molar-refractivity contribution in [1.29, 1.82) is 0 Å². The van der Waals surface area contributed by atoms with Crippen LogP contribution in [0.4, 0.5) is 0 Å². The van der Waals surface area contributed by atoms with E-state index in [-0.39, 0.29) is 0 Å². The average Bonchev–Trinajstić information content (AvgIpc) is 2.37. The Morgan fingerprint density at radius 1 is 1.35 bits per heavy atom. The summed E-state index contributed by atoms with van der Waals surface area (Å²) in [7, 11) is 0. The molecule has 1 aromatic carbocycles. The van der Waals surface area contributed by atoms with Crippen molar-refractivity contribution >= 4 is 0 Å². The van der Waals surface area contributed by atoms with Gasteiger partial charge in [0.2, 0.25) is 0 Å². The quantitative estimate of drug-likeness (QED) is 0.803. The number of morpholine rings is 1. The van der Waals surface area contributed by atoms with Crippen molar-refractivity contribution in [3.05, 3.63) is 29.8 Å². The van der Waals surface area contributed by atoms with Crippen LogP contribution in [0.3, 0.4) is 0 Å². The van der Waals surface area contributed by atoms with Gasteiger partial charge in [-0.1, -0.05) is 12.1 Å². The zero-order valence-electron chi connectivity index (χ0n) is 10.0. The zero-order valence-corrected chi connectivity index (χ0v) is 10.0. The molecular weight excluding hydrogens is 216 g/mol. The number of ether oxygens (including phenoxy) is 1. The van der Waals surface area contributed by atoms with Gasteiger partial charge in [-0.05, 0) is 24.1 Å². The largest absolute Gasteiger partial charge is 0.508 e. The predicted molar refractivity (Wildman–Crippen MR) is 67.0 cm³/mol. The highest BCUT2D eigenvalue weighted by Crippen LogP contribution is 2.15. The molecule has 1 aliphatic heterocycles. The van der Waals surface area contributed by atoms with Crippen LogP contribution < -0.4 is 5.73 Å². The van der Waals surface area contributed by atoms with Crippen LogP contribution in [0.2, 0.25) is 0 Å². The van der Waals surface area contributed by atoms with E-state index in [9.17, 15) is 5.11 Å². The Labute approximate surface area is 102 Å². The molecule has 1 unspecified atom stereocenters. The van der Waals surface area contributed by atoms with Crippen LogP contribution in [0.15, 0.2) is 24.3 Å². The molecule has 1 saturated heterocycles. The van der Waals surface area contributed by atoms with Gasteiger partial charge in [0.05, 0.1) is 13.2 Å². The fourth-order valence-corrected chi connectivity index (χ4v) is 2.26. The summed E-state index contributed by atoms with van der Waals surface area (Å²) < 4.78 is 5.34. The van der Waals surface area contributed by atoms with Gasteiger partial charge in [0.25, 0.3) is 0 Å². The van der Waals surface area contributed by atoms with E-state index in [2.05, 4.69) is 4.90 Å². The molecule has 0 amide bonds. The number of hydrogen-bond donors (Lipinski definition) is 2. The van der Waals surface area contributed by atoms with Gasteiger partial charge in [0, 0.05) is 25.7 Å². The SMILES string of the molecule is NCC(Cc1cccc(O)c1)N1CCOCC1. The standard InChI is InChI=1S/C13H20N2O2/c14-10-12(15-4-6-17-7-5-15)8-11-2-1-3-13(16)9-11/h1-3,9,12,16H,4-8,10,14H2. The maximum absolute atomic E-state index is 9.44. The minimum Gasteiger partial charge on any atom is -0.508 e. The Morgan fingerprint density at radius 3 is 2.76 bits per heavy atom. The Hall–Kier alpha value is -1.10. The summed E-state index contributed by atoms with van der Waals surface area (Å²) in [6.07, 6.45) is 0.880. The van der Waals surface area contributed by atoms with Gasteiger partial charge in [-0.3, -0.25) is 4.90 Å². The maximum Gasteiger partial charge on any atom is 0.115 e. The average molecular weight is 236 g/mol. The monoisotopic (exact) mass is 236 g/mol. The molecule has 1 heterocycles. The number of hydrogen-bond acceptors (Lipinski definition) is 4. The minimum atomic E-state index is 0.320. The van der Waals surface area contributed by atoms with E-state index >= 15 is 0 Å². The van der Waals surface area contributed by atoms with Crippen molar-refractivity contribution in [3.8, 4) is 5.75 Å². The Bertz CT molecular complexity index is 351. The summed E-state index contributed by atoms with van der Waals surface area (Å²) >= 11 is 0. The number of aromatic hydroxyl groups is 1. The van der Waals surface area contributed by atoms with E-state index in [4.69, 9.17) is 10.5 Å². The third-order valence-corrected chi connectivity index (χ3v) is 3.22. The normalized spacial score (nSPS) is 19.1. The second-order valence-electron chi connectivity index (χ2n) is 4.41. The fraction of sp³-hybridized carbons (Fsp3) is 0.538. The highest BCUT2D eigenvalue weighted by molar-refractivity contribution is 5.27. The van der Waals surface area contributed by atoms with Crippen molar-refractivity contribution < 1.29 is 9.84 Å². The van der Waals surface area contributed by atoms with Crippen LogP contribution in [0.5, 0.6) is 5.75 Å². The van der Waals surface area contributed by atoms with Crippen LogP contribution in [-0.4, -0.2) is 48.9 Å². The van der Waals surface area contributed by atoms with Gasteiger partial charge in [0.15, 0.2) is 0 Å². The Balaban J connectivity index is 1.98. The molecule has 2 rings (SSSR count). The second-order valence-corrected chi connectivity index (χ2v) is 4.41. The predicted octanol–water partition coefficient (Wildman–Crippen LogP) is 0.594. The van der Waals surface area contributed by atoms with Crippen molar-refractivity contribution in [3.63, 3.8) is 0 Å². The molecule has 4 heteroatoms. The van der Waals surface area contributed by atoms with E-state index in [1.54, 1.807) is 6.07 Å². The molecule has 1 fully saturated rings. The first kappa shape index (κ1) is 12.4. The minimum absolute atomic E-state index is 0.320. The van der Waals surface area contributed by atoms with E-state index in [0.29, 0.717) is 18.3 Å². The van der Waals surface area contributed by atoms with Gasteiger partial charge in [-0.15, -0.1) is 0 Å². The van der Waals surface area contributed by atoms with E-state index < -0.39 is 0 Å². The number of rotatable bonds is 4. The van der Waals surface area contributed by atoms with Crippen LogP contribution in [0, 0.1) is 0 Å². The molecule has 1 atom stereocenters. The third kappa shape index (κ3) is 3.43. The molecule has 3 N–H and O–H groups in total. The lowest BCUT2D eigenvalue weighted by atomic mass is 10.0. The molecule has 1 aromatic rings. The third-order valence-electron chi connectivity index (χ3n) is 3.22. The van der Waals surface area contributed by atoms with Crippen LogP contribution in [0.25, 0.3) is 0 Å². The van der Waals surface area contributed by atoms with Gasteiger partial charge < -0.3 is 15.6 Å². The molecule has 0 bridgehead atoms. The lowest BCUT2D eigenvalue weighted by Crippen LogP contribution is -2.47. The number of nitrogens with zero attached hydrogens (tertiary/aromatic N) is 1. The Kier molecular flexibility index (Phi) is 4.36. The first-order chi connectivity index (χ1) is 8.29. The van der Waals surface area contributed by atoms with Crippen molar-refractivity contribution in [2.75, 3.05) is 32.8 Å². The maximum atomic E-state index is 9.44. The highest BCUT2D eigenvalue weighted by Gasteiger charge is 2.19. The summed E-state index contributed by atoms with van der Waals surface area (Å²) in [5.41, 5.74) is 6.98. The van der Waals surface area contributed by atoms with Crippen molar-refractivity contribution in [2.24, 2.45) is 5.73 Å². The summed E-state index contributed by atoms with van der Waals surface area (Å²) in [6, 6.07) is 7.74. The van der Waals surface area contributed by atoms with Crippen molar-refractivity contribution in [2.45, 2.75) is 12.5 Å². The lowest BCUT2D eigenvalue weighted by molar-refractivity contribution is 0.0184. The van der Waals surface area contributed by atoms with Crippen LogP contribution >= 0.6 is 0 Å². The van der Waals surface area contributed by atoms with Gasteiger partial charge >= 0.3 is 0 Å². The number of phenolic OH excluding ortho intramolecular Hbond substituents is 1. The first-order valence-electron chi connectivity index (χ1n) is 6.09. The molecule has 0 saturated carbocycles. The van der Waals surface area contributed by atoms with E-state index in [1.165, 1.54) is 0 Å². The number of phenols is 1. The topological polar surface area (TPSA) is 58.7 Å². The summed E-state index contributed by atoms with van der Waals surface area (Å²) in [5.74, 6) is 0.320. The molecule has 0 aromatic heterocycles. The molecule has 94 valence electrons. The number of nitrogens with two attached hydrogens (primary N) is 1. The second kappa shape index (κ2) is 6.00. The van der Waals surface area contributed by atoms with Crippen LogP contribution in [0.1, 0.15) is 5.56 Å². The molecule has 0 spiro atoms. The van der Waals surface area contributed by atoms with Crippen molar-refractivity contribution in [1.82, 2.24) is 4.90 Å². The van der Waals surface area contributed by atoms with Crippen LogP contribution in [-0.2, 0) is 11.2 Å². The van der Waals surface area contributed by atoms with E-state index in [1.807, 2.05) is 18.2 Å². The molecule has 17 heavy (non-hydrogen) atoms. The smallest absolute Gasteiger partial charge is 0.115 e. The van der Waals surface area contributed by atoms with Gasteiger partial charge in [-0.2, -0.15) is 0 Å². The summed E-state index contributed by atoms with van der Waals surface area (Å²) in [5, 5.41) is 9.44. The van der Waals surface area contributed by atoms with Gasteiger partial charge in [0.1, 0.15) is 5.75 Å². The fourth-order valence-electron chi connectivity index (χ4n) is 2.26. The van der Waals surface area contributed by atoms with Gasteiger partial charge in [-0.25, -0.2) is 0 Å². The molecule has 0 radical (unpaired) electrons. The molecular formula is C13H20N2O2. The van der Waals surface area contributed by atoms with E-state index in [0.717, 1.165) is 38.3 Å². The molecule has 4 nitrogen and oxygen atoms in total. The summed E-state index contributed by atoms with van der Waals surface area (Å²) in [6.45, 7) is 4.10. The number of benzene rings is 1. The first-order valence-corrected chi connectivity index (χ1v) is 6.09. The Morgan fingerprint density at radius 2 is 2.12 bits per heavy atom.